The second-order valence-corrected chi connectivity index (χ2v) is 6.03. The summed E-state index contributed by atoms with van der Waals surface area (Å²) in [6.45, 7) is 2.37. The lowest BCUT2D eigenvalue weighted by molar-refractivity contribution is -0.118. The molecule has 0 spiro atoms. The zero-order chi connectivity index (χ0) is 17.2. The summed E-state index contributed by atoms with van der Waals surface area (Å²) in [5.74, 6) is -0.0330. The molecule has 7 heteroatoms. The molecule has 1 aromatic carbocycles. The van der Waals surface area contributed by atoms with Crippen molar-refractivity contribution < 1.29 is 4.79 Å². The van der Waals surface area contributed by atoms with Crippen LogP contribution in [0.1, 0.15) is 12.0 Å². The molecule has 1 fully saturated rings. The Morgan fingerprint density at radius 1 is 1.24 bits per heavy atom. The first-order valence-electron chi connectivity index (χ1n) is 8.09. The van der Waals surface area contributed by atoms with Crippen molar-refractivity contribution in [1.82, 2.24) is 19.5 Å². The van der Waals surface area contributed by atoms with Crippen molar-refractivity contribution in [2.45, 2.75) is 6.42 Å². The standard InChI is InChI=1S/C18H16N6O/c19-10-13-2-4-14(5-3-13)16-8-15(9-17-20-12-21-24(16)17)22-18(25)11-23-6-1-7-23/h2-5,8-9,12H,1,6-7,11H2,(H,22,25). The van der Waals surface area contributed by atoms with E-state index in [1.54, 1.807) is 22.7 Å². The predicted octanol–water partition coefficient (Wildman–Crippen LogP) is 1.91. The molecule has 0 unspecified atom stereocenters. The van der Waals surface area contributed by atoms with E-state index in [9.17, 15) is 4.79 Å². The number of pyridine rings is 1. The summed E-state index contributed by atoms with van der Waals surface area (Å²) in [5.41, 5.74) is 3.64. The largest absolute Gasteiger partial charge is 0.325 e. The van der Waals surface area contributed by atoms with Crippen LogP contribution in [0, 0.1) is 11.3 Å². The number of aromatic nitrogens is 3. The Kier molecular flexibility index (Phi) is 3.88. The van der Waals surface area contributed by atoms with E-state index in [1.807, 2.05) is 18.2 Å². The summed E-state index contributed by atoms with van der Waals surface area (Å²) in [4.78, 5) is 18.5. The van der Waals surface area contributed by atoms with Crippen LogP contribution in [-0.2, 0) is 4.79 Å². The SMILES string of the molecule is N#Cc1ccc(-c2cc(NC(=O)CN3CCC3)cc3ncnn23)cc1. The first-order valence-corrected chi connectivity index (χ1v) is 8.09. The minimum atomic E-state index is -0.0330. The summed E-state index contributed by atoms with van der Waals surface area (Å²) in [5, 5.41) is 16.1. The van der Waals surface area contributed by atoms with Crippen LogP contribution >= 0.6 is 0 Å². The lowest BCUT2D eigenvalue weighted by Gasteiger charge is -2.29. The molecule has 0 radical (unpaired) electrons. The number of carbonyl (C=O) groups is 1. The number of anilines is 1. The smallest absolute Gasteiger partial charge is 0.238 e. The minimum absolute atomic E-state index is 0.0330. The molecule has 0 atom stereocenters. The quantitative estimate of drug-likeness (QED) is 0.789. The normalized spacial score (nSPS) is 14.0. The molecule has 1 N–H and O–H groups in total. The molecule has 7 nitrogen and oxygen atoms in total. The van der Waals surface area contributed by atoms with Crippen LogP contribution in [0.5, 0.6) is 0 Å². The summed E-state index contributed by atoms with van der Waals surface area (Å²) >= 11 is 0. The van der Waals surface area contributed by atoms with Gasteiger partial charge in [-0.25, -0.2) is 9.50 Å². The monoisotopic (exact) mass is 332 g/mol. The highest BCUT2D eigenvalue weighted by molar-refractivity contribution is 5.93. The van der Waals surface area contributed by atoms with E-state index in [-0.39, 0.29) is 5.91 Å². The van der Waals surface area contributed by atoms with Crippen molar-refractivity contribution in [2.24, 2.45) is 0 Å². The van der Waals surface area contributed by atoms with E-state index in [2.05, 4.69) is 26.4 Å². The lowest BCUT2D eigenvalue weighted by Crippen LogP contribution is -2.42. The maximum absolute atomic E-state index is 12.2. The van der Waals surface area contributed by atoms with Crippen molar-refractivity contribution in [3.05, 3.63) is 48.3 Å². The molecule has 3 heterocycles. The van der Waals surface area contributed by atoms with E-state index < -0.39 is 0 Å². The van der Waals surface area contributed by atoms with Crippen LogP contribution in [0.2, 0.25) is 0 Å². The van der Waals surface area contributed by atoms with Crippen molar-refractivity contribution >= 4 is 17.2 Å². The number of amides is 1. The van der Waals surface area contributed by atoms with E-state index in [4.69, 9.17) is 5.26 Å². The maximum Gasteiger partial charge on any atom is 0.238 e. The van der Waals surface area contributed by atoms with Crippen LogP contribution in [0.3, 0.4) is 0 Å². The van der Waals surface area contributed by atoms with Gasteiger partial charge in [0.2, 0.25) is 5.91 Å². The Bertz CT molecular complexity index is 965. The average molecular weight is 332 g/mol. The van der Waals surface area contributed by atoms with Crippen molar-refractivity contribution in [2.75, 3.05) is 25.0 Å². The zero-order valence-electron chi connectivity index (χ0n) is 13.5. The molecule has 3 aromatic rings. The number of nitrogens with zero attached hydrogens (tertiary/aromatic N) is 5. The van der Waals surface area contributed by atoms with Crippen LogP contribution in [0.4, 0.5) is 5.69 Å². The lowest BCUT2D eigenvalue weighted by atomic mass is 10.1. The average Bonchev–Trinajstić information content (AvgIpc) is 3.06. The van der Waals surface area contributed by atoms with Crippen molar-refractivity contribution in [3.63, 3.8) is 0 Å². The second-order valence-electron chi connectivity index (χ2n) is 6.03. The van der Waals surface area contributed by atoms with Gasteiger partial charge in [0.1, 0.15) is 6.33 Å². The molecule has 0 aliphatic carbocycles. The van der Waals surface area contributed by atoms with Gasteiger partial charge in [0.25, 0.3) is 0 Å². The van der Waals surface area contributed by atoms with E-state index in [1.165, 1.54) is 6.33 Å². The third-order valence-electron chi connectivity index (χ3n) is 4.29. The third-order valence-corrected chi connectivity index (χ3v) is 4.29. The molecule has 25 heavy (non-hydrogen) atoms. The molecule has 1 saturated heterocycles. The first kappa shape index (κ1) is 15.3. The van der Waals surface area contributed by atoms with Crippen molar-refractivity contribution in [1.29, 1.82) is 5.26 Å². The zero-order valence-corrected chi connectivity index (χ0v) is 13.5. The van der Waals surface area contributed by atoms with Gasteiger partial charge in [0, 0.05) is 17.3 Å². The van der Waals surface area contributed by atoms with Crippen LogP contribution in [0.15, 0.2) is 42.7 Å². The summed E-state index contributed by atoms with van der Waals surface area (Å²) in [6.07, 6.45) is 2.63. The number of fused-ring (bicyclic) bond motifs is 1. The Labute approximate surface area is 144 Å². The van der Waals surface area contributed by atoms with Crippen molar-refractivity contribution in [3.8, 4) is 17.3 Å². The Hall–Kier alpha value is -3.24. The summed E-state index contributed by atoms with van der Waals surface area (Å²) < 4.78 is 1.71. The molecular formula is C18H16N6O. The van der Waals surface area contributed by atoms with Gasteiger partial charge in [-0.15, -0.1) is 0 Å². The van der Waals surface area contributed by atoms with Crippen LogP contribution in [-0.4, -0.2) is 45.0 Å². The number of carbonyl (C=O) groups excluding carboxylic acids is 1. The van der Waals surface area contributed by atoms with Gasteiger partial charge in [-0.1, -0.05) is 12.1 Å². The number of likely N-dealkylation sites (tertiary alicyclic amines) is 1. The summed E-state index contributed by atoms with van der Waals surface area (Å²) in [7, 11) is 0. The first-order chi connectivity index (χ1) is 12.2. The predicted molar refractivity (Wildman–Crippen MR) is 92.8 cm³/mol. The number of rotatable bonds is 4. The fraction of sp³-hybridized carbons (Fsp3) is 0.222. The van der Waals surface area contributed by atoms with Gasteiger partial charge >= 0.3 is 0 Å². The molecular weight excluding hydrogens is 316 g/mol. The van der Waals surface area contributed by atoms with Gasteiger partial charge in [-0.05, 0) is 37.7 Å². The van der Waals surface area contributed by atoms with E-state index >= 15 is 0 Å². The van der Waals surface area contributed by atoms with Crippen LogP contribution in [0.25, 0.3) is 16.9 Å². The minimum Gasteiger partial charge on any atom is -0.325 e. The number of nitriles is 1. The summed E-state index contributed by atoms with van der Waals surface area (Å²) in [6, 6.07) is 13.0. The number of benzene rings is 1. The van der Waals surface area contributed by atoms with Gasteiger partial charge in [0.05, 0.1) is 23.9 Å². The van der Waals surface area contributed by atoms with Crippen LogP contribution < -0.4 is 5.32 Å². The molecule has 124 valence electrons. The highest BCUT2D eigenvalue weighted by Gasteiger charge is 2.17. The molecule has 1 aliphatic heterocycles. The Morgan fingerprint density at radius 3 is 2.72 bits per heavy atom. The topological polar surface area (TPSA) is 86.3 Å². The third kappa shape index (κ3) is 3.07. The molecule has 0 bridgehead atoms. The second kappa shape index (κ2) is 6.34. The highest BCUT2D eigenvalue weighted by Crippen LogP contribution is 2.24. The number of nitrogens with one attached hydrogen (secondary N) is 1. The molecule has 1 amide bonds. The van der Waals surface area contributed by atoms with Gasteiger partial charge in [-0.3, -0.25) is 9.69 Å². The highest BCUT2D eigenvalue weighted by atomic mass is 16.2. The Balaban J connectivity index is 1.66. The van der Waals surface area contributed by atoms with E-state index in [0.29, 0.717) is 23.4 Å². The molecule has 2 aromatic heterocycles. The van der Waals surface area contributed by atoms with Gasteiger partial charge in [0.15, 0.2) is 5.65 Å². The molecule has 1 aliphatic rings. The Morgan fingerprint density at radius 2 is 2.04 bits per heavy atom. The number of hydrogen-bond acceptors (Lipinski definition) is 5. The van der Waals surface area contributed by atoms with Gasteiger partial charge in [-0.2, -0.15) is 10.4 Å². The molecule has 4 rings (SSSR count). The van der Waals surface area contributed by atoms with Gasteiger partial charge < -0.3 is 5.32 Å². The number of hydrogen-bond donors (Lipinski definition) is 1. The molecule has 0 saturated carbocycles. The fourth-order valence-electron chi connectivity index (χ4n) is 2.86. The van der Waals surface area contributed by atoms with E-state index in [0.717, 1.165) is 30.8 Å². The fourth-order valence-corrected chi connectivity index (χ4v) is 2.86. The maximum atomic E-state index is 12.2.